The van der Waals surface area contributed by atoms with Gasteiger partial charge in [0.2, 0.25) is 0 Å². The van der Waals surface area contributed by atoms with Crippen LogP contribution < -0.4 is 20.7 Å². The van der Waals surface area contributed by atoms with Crippen LogP contribution in [0.5, 0.6) is 0 Å². The van der Waals surface area contributed by atoms with Crippen molar-refractivity contribution >= 4 is 72.4 Å². The van der Waals surface area contributed by atoms with E-state index in [0.29, 0.717) is 0 Å². The van der Waals surface area contributed by atoms with Crippen molar-refractivity contribution in [3.8, 4) is 22.8 Å². The molecule has 0 spiro atoms. The molecule has 8 aromatic carbocycles. The lowest BCUT2D eigenvalue weighted by Crippen LogP contribution is -2.74. The zero-order valence-corrected chi connectivity index (χ0v) is 33.1. The monoisotopic (exact) mass is 757 g/mol. The molecule has 274 valence electrons. The van der Waals surface area contributed by atoms with E-state index in [1.807, 2.05) is 0 Å². The largest absolute Gasteiger partial charge is 0.294 e. The summed E-state index contributed by atoms with van der Waals surface area (Å²) in [6, 6.07) is 80.3. The summed E-state index contributed by atoms with van der Waals surface area (Å²) in [4.78, 5) is 5.60. The molecule has 3 aromatic heterocycles. The maximum absolute atomic E-state index is 5.60. The first-order chi connectivity index (χ1) is 28.7. The van der Waals surface area contributed by atoms with Crippen molar-refractivity contribution in [1.82, 2.24) is 14.1 Å². The molecule has 0 atom stereocenters. The Morgan fingerprint density at radius 3 is 1.16 bits per heavy atom. The van der Waals surface area contributed by atoms with Gasteiger partial charge < -0.3 is 0 Å². The van der Waals surface area contributed by atoms with Gasteiger partial charge in [-0.15, -0.1) is 0 Å². The molecule has 3 nitrogen and oxygen atoms in total. The highest BCUT2D eigenvalue weighted by molar-refractivity contribution is 7.19. The van der Waals surface area contributed by atoms with Gasteiger partial charge in [-0.05, 0) is 75.2 Å². The van der Waals surface area contributed by atoms with Gasteiger partial charge in [0, 0.05) is 21.5 Å². The van der Waals surface area contributed by atoms with Crippen molar-refractivity contribution < 1.29 is 0 Å². The third-order valence-electron chi connectivity index (χ3n) is 11.9. The molecule has 4 heteroatoms. The number of pyridine rings is 1. The lowest BCUT2D eigenvalue weighted by Gasteiger charge is -2.34. The fraction of sp³-hybridized carbons (Fsp3) is 0.0185. The summed E-state index contributed by atoms with van der Waals surface area (Å²) in [7, 11) is -2.79. The zero-order chi connectivity index (χ0) is 38.6. The molecule has 3 heterocycles. The fourth-order valence-corrected chi connectivity index (χ4v) is 14.1. The van der Waals surface area contributed by atoms with Crippen molar-refractivity contribution in [2.75, 3.05) is 0 Å². The molecule has 0 aliphatic carbocycles. The second-order valence-electron chi connectivity index (χ2n) is 15.2. The SMILES string of the molecule is Cc1ccc([Si](c2ccccc2)(c2ccccc2)c2cccc(-c3cc(-n4c5ccccc5c5ccccc54)nc(-n4c5ccccc5c5ccccc54)c3)c2)cc1. The molecule has 0 radical (unpaired) electrons. The van der Waals surface area contributed by atoms with Crippen LogP contribution in [-0.4, -0.2) is 22.2 Å². The van der Waals surface area contributed by atoms with Gasteiger partial charge in [-0.1, -0.05) is 188 Å². The Morgan fingerprint density at radius 2 is 0.707 bits per heavy atom. The minimum atomic E-state index is -2.79. The lowest BCUT2D eigenvalue weighted by molar-refractivity contribution is 1.01. The van der Waals surface area contributed by atoms with Gasteiger partial charge >= 0.3 is 0 Å². The third kappa shape index (κ3) is 5.30. The number of aryl methyl sites for hydroxylation is 1. The number of hydrogen-bond donors (Lipinski definition) is 0. The van der Waals surface area contributed by atoms with E-state index in [9.17, 15) is 0 Å². The molecule has 58 heavy (non-hydrogen) atoms. The van der Waals surface area contributed by atoms with Gasteiger partial charge in [0.15, 0.2) is 8.07 Å². The normalized spacial score (nSPS) is 11.9. The molecule has 11 rings (SSSR count). The average Bonchev–Trinajstić information content (AvgIpc) is 3.81. The number of para-hydroxylation sites is 4. The molecule has 0 N–H and O–H groups in total. The lowest BCUT2D eigenvalue weighted by atomic mass is 10.1. The van der Waals surface area contributed by atoms with Crippen molar-refractivity contribution in [1.29, 1.82) is 0 Å². The molecule has 0 aliphatic rings. The Kier molecular flexibility index (Phi) is 8.05. The van der Waals surface area contributed by atoms with Crippen LogP contribution in [0.15, 0.2) is 218 Å². The molecule has 11 aromatic rings. The highest BCUT2D eigenvalue weighted by atomic mass is 28.3. The summed E-state index contributed by atoms with van der Waals surface area (Å²) in [6.07, 6.45) is 0. The molecular weight excluding hydrogens is 719 g/mol. The molecule has 0 fully saturated rings. The molecule has 0 saturated carbocycles. The minimum Gasteiger partial charge on any atom is -0.294 e. The van der Waals surface area contributed by atoms with Crippen molar-refractivity contribution in [3.63, 3.8) is 0 Å². The van der Waals surface area contributed by atoms with E-state index in [4.69, 9.17) is 4.98 Å². The average molecular weight is 758 g/mol. The standard InChI is InChI=1S/C54H39N3Si/c1-38-31-33-43(34-32-38)58(41-18-4-2-5-19-41,42-20-6-3-7-21-42)44-22-16-17-39(35-44)40-36-53(56-49-27-12-8-23-45(49)46-24-9-13-28-50(46)56)55-54(37-40)57-51-29-14-10-25-47(51)48-26-11-15-30-52(48)57/h2-37H,1H3. The summed E-state index contributed by atoms with van der Waals surface area (Å²) in [5.41, 5.74) is 8.05. The van der Waals surface area contributed by atoms with E-state index in [1.165, 1.54) is 47.9 Å². The quantitative estimate of drug-likeness (QED) is 0.117. The Morgan fingerprint density at radius 1 is 0.328 bits per heavy atom. The Labute approximate surface area is 338 Å². The van der Waals surface area contributed by atoms with Crippen LogP contribution in [0.4, 0.5) is 0 Å². The molecule has 0 bridgehead atoms. The summed E-state index contributed by atoms with van der Waals surface area (Å²) in [5.74, 6) is 1.76. The van der Waals surface area contributed by atoms with E-state index in [2.05, 4.69) is 234 Å². The van der Waals surface area contributed by atoms with Crippen LogP contribution in [0.2, 0.25) is 0 Å². The first-order valence-electron chi connectivity index (χ1n) is 20.0. The van der Waals surface area contributed by atoms with Crippen LogP contribution in [0.1, 0.15) is 5.56 Å². The maximum atomic E-state index is 5.60. The molecule has 0 unspecified atom stereocenters. The fourth-order valence-electron chi connectivity index (χ4n) is 9.35. The highest BCUT2D eigenvalue weighted by Crippen LogP contribution is 2.36. The summed E-state index contributed by atoms with van der Waals surface area (Å²) >= 11 is 0. The Hall–Kier alpha value is -7.27. The van der Waals surface area contributed by atoms with E-state index in [1.54, 1.807) is 0 Å². The summed E-state index contributed by atoms with van der Waals surface area (Å²) in [6.45, 7) is 2.17. The van der Waals surface area contributed by atoms with Gasteiger partial charge in [0.1, 0.15) is 11.6 Å². The predicted molar refractivity (Wildman–Crippen MR) is 247 cm³/mol. The van der Waals surface area contributed by atoms with E-state index in [0.717, 1.165) is 44.8 Å². The van der Waals surface area contributed by atoms with Crippen molar-refractivity contribution in [2.24, 2.45) is 0 Å². The van der Waals surface area contributed by atoms with E-state index in [-0.39, 0.29) is 0 Å². The molecule has 0 saturated heterocycles. The van der Waals surface area contributed by atoms with E-state index >= 15 is 0 Å². The molecule has 0 aliphatic heterocycles. The molecular formula is C54H39N3Si. The second-order valence-corrected chi connectivity index (χ2v) is 19.0. The van der Waals surface area contributed by atoms with E-state index < -0.39 is 8.07 Å². The number of aromatic nitrogens is 3. The highest BCUT2D eigenvalue weighted by Gasteiger charge is 2.41. The third-order valence-corrected chi connectivity index (χ3v) is 16.7. The number of benzene rings is 8. The van der Waals surface area contributed by atoms with Crippen LogP contribution >= 0.6 is 0 Å². The van der Waals surface area contributed by atoms with Crippen molar-refractivity contribution in [2.45, 2.75) is 6.92 Å². The smallest absolute Gasteiger partial charge is 0.179 e. The molecule has 0 amide bonds. The zero-order valence-electron chi connectivity index (χ0n) is 32.1. The van der Waals surface area contributed by atoms with Crippen LogP contribution in [0.25, 0.3) is 66.4 Å². The van der Waals surface area contributed by atoms with Gasteiger partial charge in [-0.25, -0.2) is 4.98 Å². The number of hydrogen-bond acceptors (Lipinski definition) is 1. The van der Waals surface area contributed by atoms with Crippen molar-refractivity contribution in [3.05, 3.63) is 224 Å². The van der Waals surface area contributed by atoms with Gasteiger partial charge in [-0.3, -0.25) is 9.13 Å². The minimum absolute atomic E-state index is 0.880. The van der Waals surface area contributed by atoms with Gasteiger partial charge in [0.05, 0.1) is 22.1 Å². The van der Waals surface area contributed by atoms with Gasteiger partial charge in [0.25, 0.3) is 0 Å². The number of nitrogens with zero attached hydrogens (tertiary/aromatic N) is 3. The first kappa shape index (κ1) is 34.0. The van der Waals surface area contributed by atoms with Crippen LogP contribution in [0.3, 0.4) is 0 Å². The number of rotatable bonds is 7. The maximum Gasteiger partial charge on any atom is 0.179 e. The Bertz CT molecular complexity index is 3010. The van der Waals surface area contributed by atoms with Gasteiger partial charge in [-0.2, -0.15) is 0 Å². The summed E-state index contributed by atoms with van der Waals surface area (Å²) in [5, 5.41) is 10.3. The topological polar surface area (TPSA) is 22.8 Å². The van der Waals surface area contributed by atoms with Crippen LogP contribution in [-0.2, 0) is 0 Å². The summed E-state index contributed by atoms with van der Waals surface area (Å²) < 4.78 is 4.68. The second kappa shape index (κ2) is 13.7. The Balaban J connectivity index is 1.22. The van der Waals surface area contributed by atoms with Crippen LogP contribution in [0, 0.1) is 6.92 Å². The number of fused-ring (bicyclic) bond motifs is 6. The predicted octanol–water partition coefficient (Wildman–Crippen LogP) is 10.6. The first-order valence-corrected chi connectivity index (χ1v) is 22.0.